The Morgan fingerprint density at radius 1 is 0.515 bits per heavy atom. The molecule has 9 nitrogen and oxygen atoms in total. The molecule has 68 heavy (non-hydrogen) atoms. The molecule has 0 spiro atoms. The maximum Gasteiger partial charge on any atom is 0.501 e. The summed E-state index contributed by atoms with van der Waals surface area (Å²) >= 11 is 0. The number of carbonyl (C=O) groups excluding carboxylic acids is 3. The molecule has 2 atom stereocenters. The van der Waals surface area contributed by atoms with Gasteiger partial charge in [-0.2, -0.15) is 74.6 Å². The molecule has 0 aliphatic rings. The van der Waals surface area contributed by atoms with Crippen molar-refractivity contribution in [3.05, 3.63) is 0 Å². The number of rotatable bonds is 26. The molecule has 0 aromatic rings. The van der Waals surface area contributed by atoms with Gasteiger partial charge in [-0.25, -0.2) is 0 Å². The number of alkyl halides is 17. The molecule has 0 saturated heterocycles. The van der Waals surface area contributed by atoms with E-state index in [4.69, 9.17) is 22.8 Å². The molecule has 0 saturated carbocycles. The summed E-state index contributed by atoms with van der Waals surface area (Å²) in [5, 5.41) is 0. The minimum absolute atomic E-state index is 0.0224. The van der Waals surface area contributed by atoms with Crippen LogP contribution in [-0.4, -0.2) is 111 Å². The van der Waals surface area contributed by atoms with Crippen molar-refractivity contribution in [3.8, 4) is 0 Å². The highest BCUT2D eigenvalue weighted by atomic mass is 28.4. The topological polar surface area (TPSA) is 107 Å². The van der Waals surface area contributed by atoms with Gasteiger partial charge in [0.25, 0.3) is 0 Å². The van der Waals surface area contributed by atoms with Gasteiger partial charge in [0.2, 0.25) is 0 Å². The van der Waals surface area contributed by atoms with Crippen molar-refractivity contribution < 1.29 is 117 Å². The second kappa shape index (κ2) is 23.7. The Balaban J connectivity index is 0. The Labute approximate surface area is 386 Å². The van der Waals surface area contributed by atoms with Crippen LogP contribution in [0.15, 0.2) is 0 Å². The van der Waals surface area contributed by atoms with Crippen LogP contribution in [0.2, 0.25) is 6.04 Å². The zero-order valence-corrected chi connectivity index (χ0v) is 41.6. The van der Waals surface area contributed by atoms with Crippen LogP contribution in [0.5, 0.6) is 0 Å². The van der Waals surface area contributed by atoms with E-state index in [0.29, 0.717) is 0 Å². The molecular formula is C41H65F17O9Si. The van der Waals surface area contributed by atoms with Crippen molar-refractivity contribution >= 4 is 26.7 Å². The summed E-state index contributed by atoms with van der Waals surface area (Å²) in [7, 11) is -3.31. The maximum atomic E-state index is 14.3. The lowest BCUT2D eigenvalue weighted by molar-refractivity contribution is -0.461. The summed E-state index contributed by atoms with van der Waals surface area (Å²) < 4.78 is 263. The minimum Gasteiger partial charge on any atom is -0.465 e. The highest BCUT2D eigenvalue weighted by Crippen LogP contribution is 2.64. The predicted octanol–water partition coefficient (Wildman–Crippen LogP) is 13.3. The largest absolute Gasteiger partial charge is 0.501 e. The van der Waals surface area contributed by atoms with Crippen LogP contribution in [0.3, 0.4) is 0 Å². The Morgan fingerprint density at radius 3 is 1.22 bits per heavy atom. The highest BCUT2D eigenvalue weighted by Gasteiger charge is 2.95. The third kappa shape index (κ3) is 16.4. The van der Waals surface area contributed by atoms with E-state index in [0.717, 1.165) is 20.3 Å². The fourth-order valence-electron chi connectivity index (χ4n) is 5.74. The summed E-state index contributed by atoms with van der Waals surface area (Å²) in [6.07, 6.45) is -11.3. The molecule has 0 aromatic heterocycles. The van der Waals surface area contributed by atoms with Gasteiger partial charge in [-0.1, -0.05) is 20.8 Å². The first-order chi connectivity index (χ1) is 29.9. The molecule has 0 fully saturated rings. The van der Waals surface area contributed by atoms with Crippen molar-refractivity contribution in [1.82, 2.24) is 0 Å². The van der Waals surface area contributed by atoms with Gasteiger partial charge in [0, 0.05) is 24.4 Å². The normalized spacial score (nSPS) is 15.8. The van der Waals surface area contributed by atoms with Gasteiger partial charge in [0.15, 0.2) is 0 Å². The second-order valence-electron chi connectivity index (χ2n) is 18.8. The monoisotopic (exact) mass is 1050 g/mol. The number of hydrogen-bond acceptors (Lipinski definition) is 9. The molecule has 0 heterocycles. The van der Waals surface area contributed by atoms with Crippen molar-refractivity contribution in [1.29, 1.82) is 0 Å². The number of esters is 3. The fraction of sp³-hybridized carbons (Fsp3) is 0.927. The lowest BCUT2D eigenvalue weighted by Gasteiger charge is -2.42. The summed E-state index contributed by atoms with van der Waals surface area (Å²) in [5.74, 6) is -60.0. The number of ether oxygens (including phenoxy) is 3. The van der Waals surface area contributed by atoms with E-state index >= 15 is 0 Å². The second-order valence-corrected chi connectivity index (χ2v) is 21.3. The molecule has 0 rings (SSSR count). The Morgan fingerprint density at radius 2 is 0.882 bits per heavy atom. The van der Waals surface area contributed by atoms with Crippen LogP contribution in [0, 0.1) is 16.7 Å². The third-order valence-electron chi connectivity index (χ3n) is 9.62. The van der Waals surface area contributed by atoms with E-state index in [1.54, 1.807) is 41.5 Å². The lowest BCUT2D eigenvalue weighted by atomic mass is 9.72. The van der Waals surface area contributed by atoms with Gasteiger partial charge in [0.05, 0.1) is 36.4 Å². The van der Waals surface area contributed by atoms with E-state index in [-0.39, 0.29) is 61.3 Å². The van der Waals surface area contributed by atoms with Crippen molar-refractivity contribution in [2.24, 2.45) is 16.7 Å². The molecule has 0 aromatic carbocycles. The molecule has 0 aliphatic carbocycles. The van der Waals surface area contributed by atoms with Crippen LogP contribution >= 0.6 is 0 Å². The zero-order chi connectivity index (χ0) is 54.9. The van der Waals surface area contributed by atoms with Gasteiger partial charge in [0.1, 0.15) is 5.60 Å². The quantitative estimate of drug-likeness (QED) is 0.0275. The van der Waals surface area contributed by atoms with Crippen LogP contribution in [0.4, 0.5) is 74.6 Å². The first kappa shape index (κ1) is 67.4. The standard InChI is InChI=1S/C32H47F17O7Si.C9H18O2/c1-11-24(10,22(51)52-14-12-16-57(54-18(2)3,55-19(4)5)56-20(6)7)17-23(8,9)21(50)53-15-13-25(33,34)26(35,36)27(37,38)28(39,40)29(41,42)30(43,44)31(45,46)32(47,48)49;1-6-7(2)8(10)11-9(3,4)5/h18-20H,11-17H2,1-10H3;7H,6H2,1-5H3. The third-order valence-corrected chi connectivity index (χ3v) is 13.1. The summed E-state index contributed by atoms with van der Waals surface area (Å²) in [4.78, 5) is 37.1. The SMILES string of the molecule is CCC(C)(CC(C)(C)C(=O)OCCC(F)(F)C(F)(F)C(F)(F)C(F)(F)C(F)(F)C(F)(F)C(F)(F)C(F)(F)F)C(=O)OCCC[Si](OC(C)C)(OC(C)C)OC(C)C.CCC(C)C(=O)OC(C)(C)C. The van der Waals surface area contributed by atoms with Gasteiger partial charge in [-0.3, -0.25) is 14.4 Å². The lowest BCUT2D eigenvalue weighted by Crippen LogP contribution is -2.74. The molecule has 0 radical (unpaired) electrons. The average molecular weight is 1050 g/mol. The maximum absolute atomic E-state index is 14.3. The predicted molar refractivity (Wildman–Crippen MR) is 213 cm³/mol. The smallest absolute Gasteiger partial charge is 0.465 e. The van der Waals surface area contributed by atoms with E-state index in [1.165, 1.54) is 13.8 Å². The van der Waals surface area contributed by atoms with E-state index < -0.39 is 98.7 Å². The summed E-state index contributed by atoms with van der Waals surface area (Å²) in [5.41, 5.74) is -3.84. The Kier molecular flexibility index (Phi) is 23.5. The summed E-state index contributed by atoms with van der Waals surface area (Å²) in [6.45, 7) is 22.6. The molecule has 0 amide bonds. The molecule has 0 aliphatic heterocycles. The molecular weight excluding hydrogens is 987 g/mol. The minimum atomic E-state index is -8.75. The number of halogens is 17. The Hall–Kier alpha value is -2.68. The first-order valence-corrected chi connectivity index (χ1v) is 23.1. The molecule has 406 valence electrons. The molecule has 2 unspecified atom stereocenters. The van der Waals surface area contributed by atoms with Crippen LogP contribution in [-0.2, 0) is 41.9 Å². The Bertz CT molecular complexity index is 1590. The zero-order valence-electron chi connectivity index (χ0n) is 40.6. The van der Waals surface area contributed by atoms with E-state index in [1.807, 2.05) is 34.6 Å². The average Bonchev–Trinajstić information content (AvgIpc) is 3.13. The van der Waals surface area contributed by atoms with Crippen molar-refractivity contribution in [2.75, 3.05) is 13.2 Å². The summed E-state index contributed by atoms with van der Waals surface area (Å²) in [6, 6.07) is 0.200. The first-order valence-electron chi connectivity index (χ1n) is 21.2. The van der Waals surface area contributed by atoms with Gasteiger partial charge in [-0.05, 0) is 109 Å². The van der Waals surface area contributed by atoms with Crippen LogP contribution in [0.25, 0.3) is 0 Å². The van der Waals surface area contributed by atoms with E-state index in [2.05, 4.69) is 4.74 Å². The van der Waals surface area contributed by atoms with Gasteiger partial charge in [-0.15, -0.1) is 0 Å². The molecule has 0 bridgehead atoms. The van der Waals surface area contributed by atoms with Gasteiger partial charge >= 0.3 is 74.3 Å². The van der Waals surface area contributed by atoms with Crippen LogP contribution < -0.4 is 0 Å². The molecule has 27 heteroatoms. The van der Waals surface area contributed by atoms with Crippen LogP contribution in [0.1, 0.15) is 136 Å². The number of hydrogen-bond donors (Lipinski definition) is 0. The number of carbonyl (C=O) groups is 3. The molecule has 0 N–H and O–H groups in total. The van der Waals surface area contributed by atoms with E-state index in [9.17, 15) is 89.0 Å². The van der Waals surface area contributed by atoms with Crippen molar-refractivity contribution in [3.63, 3.8) is 0 Å². The fourth-order valence-corrected chi connectivity index (χ4v) is 9.00. The van der Waals surface area contributed by atoms with Gasteiger partial charge < -0.3 is 27.5 Å². The van der Waals surface area contributed by atoms with Crippen molar-refractivity contribution in [2.45, 2.75) is 214 Å². The highest BCUT2D eigenvalue weighted by molar-refractivity contribution is 6.60.